The standard InChI is InChI=1S/C14H17N3O3/c1-15-12(9-4-5-20-7-9)8-2-3-10-11(6-8)17-14(19)13(18)16-10/h2-3,6,9,12,15H,4-5,7H2,1H3,(H,16,18)(H,17,19). The lowest BCUT2D eigenvalue weighted by molar-refractivity contribution is 0.178. The van der Waals surface area contributed by atoms with Crippen LogP contribution in [0.25, 0.3) is 11.0 Å². The molecule has 106 valence electrons. The van der Waals surface area contributed by atoms with E-state index in [1.165, 1.54) is 0 Å². The lowest BCUT2D eigenvalue weighted by Gasteiger charge is -2.22. The van der Waals surface area contributed by atoms with Crippen molar-refractivity contribution in [1.29, 1.82) is 0 Å². The fourth-order valence-corrected chi connectivity index (χ4v) is 2.82. The molecule has 6 nitrogen and oxygen atoms in total. The Hall–Kier alpha value is -1.92. The van der Waals surface area contributed by atoms with Crippen LogP contribution in [-0.4, -0.2) is 30.2 Å². The fraction of sp³-hybridized carbons (Fsp3) is 0.429. The highest BCUT2D eigenvalue weighted by Gasteiger charge is 2.26. The summed E-state index contributed by atoms with van der Waals surface area (Å²) in [5.41, 5.74) is 1.11. The summed E-state index contributed by atoms with van der Waals surface area (Å²) >= 11 is 0. The van der Waals surface area contributed by atoms with Crippen LogP contribution in [0.1, 0.15) is 18.0 Å². The molecule has 0 spiro atoms. The van der Waals surface area contributed by atoms with Crippen molar-refractivity contribution in [3.8, 4) is 0 Å². The van der Waals surface area contributed by atoms with Crippen molar-refractivity contribution in [2.45, 2.75) is 12.5 Å². The third-order valence-electron chi connectivity index (χ3n) is 3.85. The number of rotatable bonds is 3. The minimum absolute atomic E-state index is 0.178. The first-order chi connectivity index (χ1) is 9.69. The second-order valence-corrected chi connectivity index (χ2v) is 5.10. The summed E-state index contributed by atoms with van der Waals surface area (Å²) in [7, 11) is 1.92. The Morgan fingerprint density at radius 3 is 2.65 bits per heavy atom. The number of hydrogen-bond acceptors (Lipinski definition) is 4. The van der Waals surface area contributed by atoms with Gasteiger partial charge >= 0.3 is 11.1 Å². The second kappa shape index (κ2) is 5.22. The third-order valence-corrected chi connectivity index (χ3v) is 3.85. The molecule has 2 atom stereocenters. The van der Waals surface area contributed by atoms with Crippen LogP contribution in [0.2, 0.25) is 0 Å². The number of nitrogens with one attached hydrogen (secondary N) is 3. The molecule has 3 rings (SSSR count). The van der Waals surface area contributed by atoms with Crippen LogP contribution in [0.4, 0.5) is 0 Å². The second-order valence-electron chi connectivity index (χ2n) is 5.10. The van der Waals surface area contributed by atoms with Crippen molar-refractivity contribution in [2.24, 2.45) is 5.92 Å². The molecule has 1 aromatic heterocycles. The number of benzene rings is 1. The van der Waals surface area contributed by atoms with Crippen LogP contribution in [0, 0.1) is 5.92 Å². The molecule has 0 bridgehead atoms. The lowest BCUT2D eigenvalue weighted by atomic mass is 9.92. The predicted octanol–water partition coefficient (Wildman–Crippen LogP) is 0.513. The van der Waals surface area contributed by atoms with E-state index in [2.05, 4.69) is 15.3 Å². The lowest BCUT2D eigenvalue weighted by Crippen LogP contribution is -2.29. The molecule has 0 aliphatic carbocycles. The quantitative estimate of drug-likeness (QED) is 0.712. The van der Waals surface area contributed by atoms with Gasteiger partial charge in [0.15, 0.2) is 0 Å². The maximum atomic E-state index is 11.4. The number of aromatic nitrogens is 2. The zero-order chi connectivity index (χ0) is 14.1. The monoisotopic (exact) mass is 275 g/mol. The Bertz CT molecular complexity index is 728. The van der Waals surface area contributed by atoms with E-state index in [-0.39, 0.29) is 6.04 Å². The van der Waals surface area contributed by atoms with Gasteiger partial charge in [0.2, 0.25) is 0 Å². The van der Waals surface area contributed by atoms with Crippen LogP contribution in [0.5, 0.6) is 0 Å². The predicted molar refractivity (Wildman–Crippen MR) is 75.9 cm³/mol. The van der Waals surface area contributed by atoms with Crippen LogP contribution in [-0.2, 0) is 4.74 Å². The van der Waals surface area contributed by atoms with Gasteiger partial charge in [-0.1, -0.05) is 6.07 Å². The van der Waals surface area contributed by atoms with Crippen molar-refractivity contribution < 1.29 is 4.74 Å². The first-order valence-corrected chi connectivity index (χ1v) is 6.70. The summed E-state index contributed by atoms with van der Waals surface area (Å²) in [4.78, 5) is 27.9. The molecule has 1 aliphatic heterocycles. The Morgan fingerprint density at radius 1 is 1.25 bits per heavy atom. The van der Waals surface area contributed by atoms with E-state index >= 15 is 0 Å². The molecule has 1 aliphatic rings. The number of fused-ring (bicyclic) bond motifs is 1. The molecule has 0 amide bonds. The zero-order valence-corrected chi connectivity index (χ0v) is 11.2. The summed E-state index contributed by atoms with van der Waals surface area (Å²) in [6.07, 6.45) is 1.02. The molecule has 6 heteroatoms. The molecule has 1 aromatic carbocycles. The molecular formula is C14H17N3O3. The van der Waals surface area contributed by atoms with Gasteiger partial charge in [-0.3, -0.25) is 9.59 Å². The van der Waals surface area contributed by atoms with Gasteiger partial charge in [-0.25, -0.2) is 0 Å². The van der Waals surface area contributed by atoms with Crippen LogP contribution in [0.15, 0.2) is 27.8 Å². The van der Waals surface area contributed by atoms with Gasteiger partial charge in [0.25, 0.3) is 0 Å². The Morgan fingerprint density at radius 2 is 2.00 bits per heavy atom. The maximum absolute atomic E-state index is 11.4. The Labute approximate surface area is 115 Å². The van der Waals surface area contributed by atoms with Crippen LogP contribution >= 0.6 is 0 Å². The van der Waals surface area contributed by atoms with Crippen molar-refractivity contribution in [3.63, 3.8) is 0 Å². The molecule has 2 aromatic rings. The van der Waals surface area contributed by atoms with Gasteiger partial charge < -0.3 is 20.0 Å². The molecule has 20 heavy (non-hydrogen) atoms. The number of H-pyrrole nitrogens is 2. The molecule has 0 saturated carbocycles. The molecule has 2 unspecified atom stereocenters. The molecular weight excluding hydrogens is 258 g/mol. The zero-order valence-electron chi connectivity index (χ0n) is 11.2. The van der Waals surface area contributed by atoms with E-state index in [9.17, 15) is 9.59 Å². The minimum atomic E-state index is -0.625. The van der Waals surface area contributed by atoms with E-state index < -0.39 is 11.1 Å². The highest BCUT2D eigenvalue weighted by molar-refractivity contribution is 5.74. The summed E-state index contributed by atoms with van der Waals surface area (Å²) < 4.78 is 5.44. The van der Waals surface area contributed by atoms with Gasteiger partial charge in [0, 0.05) is 18.6 Å². The fourth-order valence-electron chi connectivity index (χ4n) is 2.82. The van der Waals surface area contributed by atoms with E-state index in [1.807, 2.05) is 25.2 Å². The molecule has 2 heterocycles. The van der Waals surface area contributed by atoms with Crippen LogP contribution in [0.3, 0.4) is 0 Å². The average Bonchev–Trinajstić information content (AvgIpc) is 2.95. The summed E-state index contributed by atoms with van der Waals surface area (Å²) in [6, 6.07) is 5.88. The van der Waals surface area contributed by atoms with Crippen molar-refractivity contribution in [1.82, 2.24) is 15.3 Å². The Kier molecular flexibility index (Phi) is 3.42. The summed E-state index contributed by atoms with van der Waals surface area (Å²) in [5, 5.41) is 3.31. The minimum Gasteiger partial charge on any atom is -0.381 e. The van der Waals surface area contributed by atoms with E-state index in [0.717, 1.165) is 25.2 Å². The average molecular weight is 275 g/mol. The smallest absolute Gasteiger partial charge is 0.314 e. The van der Waals surface area contributed by atoms with Crippen molar-refractivity contribution in [3.05, 3.63) is 44.5 Å². The first kappa shape index (κ1) is 13.1. The van der Waals surface area contributed by atoms with Crippen molar-refractivity contribution >= 4 is 11.0 Å². The SMILES string of the molecule is CNC(c1ccc2[nH]c(=O)c(=O)[nH]c2c1)C1CCOC1. The third kappa shape index (κ3) is 2.28. The van der Waals surface area contributed by atoms with Crippen molar-refractivity contribution in [2.75, 3.05) is 20.3 Å². The number of hydrogen-bond donors (Lipinski definition) is 3. The summed E-state index contributed by atoms with van der Waals surface area (Å²) in [5.74, 6) is 0.423. The van der Waals surface area contributed by atoms with Crippen LogP contribution < -0.4 is 16.4 Å². The van der Waals surface area contributed by atoms with E-state index in [1.54, 1.807) is 0 Å². The first-order valence-electron chi connectivity index (χ1n) is 6.70. The normalized spacial score (nSPS) is 20.4. The maximum Gasteiger partial charge on any atom is 0.314 e. The highest BCUT2D eigenvalue weighted by Crippen LogP contribution is 2.29. The molecule has 3 N–H and O–H groups in total. The van der Waals surface area contributed by atoms with E-state index in [4.69, 9.17) is 4.74 Å². The topological polar surface area (TPSA) is 87.0 Å². The van der Waals surface area contributed by atoms with Gasteiger partial charge in [0.05, 0.1) is 17.6 Å². The van der Waals surface area contributed by atoms with Gasteiger partial charge in [0.1, 0.15) is 0 Å². The van der Waals surface area contributed by atoms with Gasteiger partial charge in [-0.05, 0) is 31.2 Å². The Balaban J connectivity index is 2.04. The highest BCUT2D eigenvalue weighted by atomic mass is 16.5. The molecule has 1 fully saturated rings. The number of ether oxygens (including phenoxy) is 1. The van der Waals surface area contributed by atoms with Gasteiger partial charge in [-0.15, -0.1) is 0 Å². The molecule has 0 radical (unpaired) electrons. The van der Waals surface area contributed by atoms with Gasteiger partial charge in [-0.2, -0.15) is 0 Å². The summed E-state index contributed by atoms with van der Waals surface area (Å²) in [6.45, 7) is 1.53. The van der Waals surface area contributed by atoms with E-state index in [0.29, 0.717) is 17.0 Å². The molecule has 1 saturated heterocycles. The number of aromatic amines is 2. The largest absolute Gasteiger partial charge is 0.381 e.